The standard InChI is InChI=1S/C33H21Cl2N3O/c34-24-18-26-29-25(12-7-13-28(29)39-30(26)27(35)19-24)20-14-16-23(17-15-20)33-37-31(21-8-3-1-4-9-21)36-32(38-33)22-10-5-2-6-11-22/h1-19,31H,(H,36,37,38). The summed E-state index contributed by atoms with van der Waals surface area (Å²) in [6.45, 7) is 0. The first-order valence-corrected chi connectivity index (χ1v) is 13.3. The van der Waals surface area contributed by atoms with Crippen molar-refractivity contribution in [3.8, 4) is 11.1 Å². The molecule has 1 aromatic heterocycles. The van der Waals surface area contributed by atoms with Crippen LogP contribution >= 0.6 is 23.2 Å². The van der Waals surface area contributed by atoms with Gasteiger partial charge in [-0.05, 0) is 34.9 Å². The van der Waals surface area contributed by atoms with E-state index in [1.165, 1.54) is 0 Å². The van der Waals surface area contributed by atoms with Crippen LogP contribution in [0, 0.1) is 0 Å². The minimum atomic E-state index is -0.335. The van der Waals surface area contributed by atoms with E-state index in [4.69, 9.17) is 37.6 Å². The van der Waals surface area contributed by atoms with Crippen molar-refractivity contribution in [2.24, 2.45) is 9.98 Å². The van der Waals surface area contributed by atoms with Gasteiger partial charge >= 0.3 is 0 Å². The zero-order chi connectivity index (χ0) is 26.3. The molecule has 1 aliphatic rings. The molecule has 1 aliphatic heterocycles. The smallest absolute Gasteiger partial charge is 0.169 e. The van der Waals surface area contributed by atoms with Gasteiger partial charge in [-0.3, -0.25) is 0 Å². The first-order valence-electron chi connectivity index (χ1n) is 12.6. The largest absolute Gasteiger partial charge is 0.454 e. The van der Waals surface area contributed by atoms with Gasteiger partial charge in [0.05, 0.1) is 5.02 Å². The summed E-state index contributed by atoms with van der Waals surface area (Å²) < 4.78 is 6.09. The van der Waals surface area contributed by atoms with E-state index in [9.17, 15) is 0 Å². The number of nitrogens with one attached hydrogen (secondary N) is 1. The van der Waals surface area contributed by atoms with Crippen LogP contribution in [0.15, 0.2) is 130 Å². The van der Waals surface area contributed by atoms with Crippen LogP contribution in [0.3, 0.4) is 0 Å². The van der Waals surface area contributed by atoms with Gasteiger partial charge in [-0.25, -0.2) is 9.98 Å². The highest BCUT2D eigenvalue weighted by atomic mass is 35.5. The maximum absolute atomic E-state index is 6.44. The molecule has 0 amide bonds. The Morgan fingerprint density at radius 3 is 2.00 bits per heavy atom. The molecule has 39 heavy (non-hydrogen) atoms. The monoisotopic (exact) mass is 545 g/mol. The zero-order valence-electron chi connectivity index (χ0n) is 20.6. The Morgan fingerprint density at radius 2 is 1.28 bits per heavy atom. The molecule has 7 rings (SSSR count). The van der Waals surface area contributed by atoms with Crippen LogP contribution in [0.5, 0.6) is 0 Å². The predicted molar refractivity (Wildman–Crippen MR) is 161 cm³/mol. The minimum absolute atomic E-state index is 0.335. The lowest BCUT2D eigenvalue weighted by atomic mass is 9.98. The highest BCUT2D eigenvalue weighted by Crippen LogP contribution is 2.40. The maximum Gasteiger partial charge on any atom is 0.169 e. The number of furan rings is 1. The van der Waals surface area contributed by atoms with Crippen LogP contribution in [-0.4, -0.2) is 11.7 Å². The van der Waals surface area contributed by atoms with Crippen molar-refractivity contribution in [3.63, 3.8) is 0 Å². The molecular weight excluding hydrogens is 525 g/mol. The van der Waals surface area contributed by atoms with E-state index in [0.29, 0.717) is 15.6 Å². The number of hydrogen-bond donors (Lipinski definition) is 1. The van der Waals surface area contributed by atoms with Crippen LogP contribution in [0.4, 0.5) is 0 Å². The molecule has 0 radical (unpaired) electrons. The van der Waals surface area contributed by atoms with E-state index in [-0.39, 0.29) is 6.17 Å². The van der Waals surface area contributed by atoms with E-state index in [1.54, 1.807) is 6.07 Å². The van der Waals surface area contributed by atoms with E-state index in [0.717, 1.165) is 55.8 Å². The number of fused-ring (bicyclic) bond motifs is 3. The van der Waals surface area contributed by atoms with Gasteiger partial charge in [-0.2, -0.15) is 0 Å². The molecule has 1 unspecified atom stereocenters. The highest BCUT2D eigenvalue weighted by molar-refractivity contribution is 6.39. The molecule has 0 aliphatic carbocycles. The summed E-state index contributed by atoms with van der Waals surface area (Å²) in [5.74, 6) is 1.57. The lowest BCUT2D eigenvalue weighted by molar-refractivity contribution is 0.669. The Morgan fingerprint density at radius 1 is 0.641 bits per heavy atom. The molecule has 5 aromatic carbocycles. The van der Waals surface area contributed by atoms with Crippen LogP contribution in [0.1, 0.15) is 22.9 Å². The molecule has 0 spiro atoms. The molecule has 0 saturated carbocycles. The summed E-state index contributed by atoms with van der Waals surface area (Å²) in [5.41, 5.74) is 6.53. The van der Waals surface area contributed by atoms with Crippen LogP contribution in [0.25, 0.3) is 33.1 Å². The number of amidine groups is 2. The summed E-state index contributed by atoms with van der Waals surface area (Å²) >= 11 is 12.8. The molecule has 0 saturated heterocycles. The molecule has 0 fully saturated rings. The second kappa shape index (κ2) is 9.73. The average Bonchev–Trinajstić information content (AvgIpc) is 3.37. The van der Waals surface area contributed by atoms with Gasteiger partial charge in [0.15, 0.2) is 11.7 Å². The Balaban J connectivity index is 1.29. The Kier molecular flexibility index (Phi) is 5.92. The molecule has 0 bridgehead atoms. The SMILES string of the molecule is Clc1cc(Cl)c2oc3cccc(-c4ccc(C5=NC(c6ccccc6)N=C(c6ccccc6)N5)cc4)c3c2c1. The van der Waals surface area contributed by atoms with Gasteiger partial charge in [0.25, 0.3) is 0 Å². The molecule has 6 heteroatoms. The summed E-state index contributed by atoms with van der Waals surface area (Å²) in [6, 6.07) is 38.3. The second-order valence-corrected chi connectivity index (χ2v) is 10.2. The average molecular weight is 546 g/mol. The molecule has 1 N–H and O–H groups in total. The van der Waals surface area contributed by atoms with Gasteiger partial charge < -0.3 is 9.73 Å². The molecule has 188 valence electrons. The van der Waals surface area contributed by atoms with Crippen molar-refractivity contribution >= 4 is 56.8 Å². The lowest BCUT2D eigenvalue weighted by Gasteiger charge is -2.22. The lowest BCUT2D eigenvalue weighted by Crippen LogP contribution is -2.36. The zero-order valence-corrected chi connectivity index (χ0v) is 22.1. The third kappa shape index (κ3) is 4.38. The number of benzene rings is 5. The van der Waals surface area contributed by atoms with Crippen LogP contribution in [-0.2, 0) is 0 Å². The fraction of sp³-hybridized carbons (Fsp3) is 0.0303. The fourth-order valence-corrected chi connectivity index (χ4v) is 5.55. The summed E-state index contributed by atoms with van der Waals surface area (Å²) in [7, 11) is 0. The normalized spacial score (nSPS) is 15.2. The van der Waals surface area contributed by atoms with E-state index >= 15 is 0 Å². The maximum atomic E-state index is 6.44. The van der Waals surface area contributed by atoms with Crippen molar-refractivity contribution in [1.29, 1.82) is 0 Å². The molecule has 6 aromatic rings. The van der Waals surface area contributed by atoms with E-state index < -0.39 is 0 Å². The van der Waals surface area contributed by atoms with Crippen LogP contribution in [0.2, 0.25) is 10.0 Å². The first-order chi connectivity index (χ1) is 19.1. The molecular formula is C33H21Cl2N3O. The summed E-state index contributed by atoms with van der Waals surface area (Å²) in [6.07, 6.45) is -0.335. The van der Waals surface area contributed by atoms with Crippen molar-refractivity contribution in [1.82, 2.24) is 5.32 Å². The molecule has 4 nitrogen and oxygen atoms in total. The fourth-order valence-electron chi connectivity index (χ4n) is 5.02. The quantitative estimate of drug-likeness (QED) is 0.240. The molecule has 1 atom stereocenters. The Bertz CT molecular complexity index is 1890. The predicted octanol–water partition coefficient (Wildman–Crippen LogP) is 9.06. The number of nitrogens with zero attached hydrogens (tertiary/aromatic N) is 2. The van der Waals surface area contributed by atoms with Gasteiger partial charge in [0.2, 0.25) is 0 Å². The van der Waals surface area contributed by atoms with Crippen molar-refractivity contribution in [2.45, 2.75) is 6.17 Å². The van der Waals surface area contributed by atoms with Crippen LogP contribution < -0.4 is 5.32 Å². The van der Waals surface area contributed by atoms with Crippen molar-refractivity contribution < 1.29 is 4.42 Å². The minimum Gasteiger partial charge on any atom is -0.454 e. The summed E-state index contributed by atoms with van der Waals surface area (Å²) in [5, 5.41) is 6.42. The topological polar surface area (TPSA) is 49.9 Å². The van der Waals surface area contributed by atoms with Gasteiger partial charge in [-0.15, -0.1) is 0 Å². The number of hydrogen-bond acceptors (Lipinski definition) is 4. The Labute approximate surface area is 235 Å². The first kappa shape index (κ1) is 23.7. The van der Waals surface area contributed by atoms with Gasteiger partial charge in [-0.1, -0.05) is 120 Å². The van der Waals surface area contributed by atoms with E-state index in [1.807, 2.05) is 66.7 Å². The van der Waals surface area contributed by atoms with E-state index in [2.05, 4.69) is 47.8 Å². The van der Waals surface area contributed by atoms with Gasteiger partial charge in [0.1, 0.15) is 17.3 Å². The third-order valence-electron chi connectivity index (χ3n) is 6.87. The number of halogens is 2. The third-order valence-corrected chi connectivity index (χ3v) is 7.37. The highest BCUT2D eigenvalue weighted by Gasteiger charge is 2.21. The van der Waals surface area contributed by atoms with Crippen molar-refractivity contribution in [2.75, 3.05) is 0 Å². The number of aliphatic imine (C=N–C) groups is 2. The van der Waals surface area contributed by atoms with Crippen molar-refractivity contribution in [3.05, 3.63) is 142 Å². The Hall–Kier alpha value is -4.38. The molecule has 2 heterocycles. The van der Waals surface area contributed by atoms with Gasteiger partial charge in [0, 0.05) is 26.9 Å². The summed E-state index contributed by atoms with van der Waals surface area (Å²) in [4.78, 5) is 9.90. The number of rotatable bonds is 4. The second-order valence-electron chi connectivity index (χ2n) is 9.35.